The van der Waals surface area contributed by atoms with Crippen molar-refractivity contribution in [1.29, 1.82) is 5.26 Å². The number of anilines is 2. The number of piperidine rings is 1. The molecular formula is C23H21N5O3S. The third kappa shape index (κ3) is 3.63. The summed E-state index contributed by atoms with van der Waals surface area (Å²) < 4.78 is 12.3. The van der Waals surface area contributed by atoms with Crippen LogP contribution in [0.4, 0.5) is 11.0 Å². The molecule has 8 nitrogen and oxygen atoms in total. The van der Waals surface area contributed by atoms with Gasteiger partial charge in [-0.1, -0.05) is 23.5 Å². The molecule has 4 heterocycles. The van der Waals surface area contributed by atoms with Gasteiger partial charge in [-0.15, -0.1) is 0 Å². The Kier molecular flexibility index (Phi) is 5.15. The predicted octanol–water partition coefficient (Wildman–Crippen LogP) is 4.89. The average molecular weight is 448 g/mol. The lowest BCUT2D eigenvalue weighted by atomic mass is 9.96. The molecule has 0 atom stereocenters. The van der Waals surface area contributed by atoms with E-state index in [-0.39, 0.29) is 23.4 Å². The first kappa shape index (κ1) is 20.3. The summed E-state index contributed by atoms with van der Waals surface area (Å²) in [6, 6.07) is 9.69. The van der Waals surface area contributed by atoms with Crippen molar-refractivity contribution in [2.45, 2.75) is 26.7 Å². The minimum atomic E-state index is -0.126. The lowest BCUT2D eigenvalue weighted by molar-refractivity contribution is -0.120. The lowest BCUT2D eigenvalue weighted by Crippen LogP contribution is -2.38. The van der Waals surface area contributed by atoms with Crippen LogP contribution in [-0.4, -0.2) is 29.0 Å². The van der Waals surface area contributed by atoms with E-state index >= 15 is 0 Å². The number of nitriles is 1. The molecule has 1 amide bonds. The van der Waals surface area contributed by atoms with Crippen molar-refractivity contribution in [2.24, 2.45) is 5.92 Å². The zero-order valence-corrected chi connectivity index (χ0v) is 18.5. The first-order valence-corrected chi connectivity index (χ1v) is 11.2. The summed E-state index contributed by atoms with van der Waals surface area (Å²) in [4.78, 5) is 23.7. The molecular weight excluding hydrogens is 426 g/mol. The Morgan fingerprint density at radius 3 is 2.69 bits per heavy atom. The number of hydrogen-bond acceptors (Lipinski definition) is 8. The van der Waals surface area contributed by atoms with Gasteiger partial charge >= 0.3 is 0 Å². The van der Waals surface area contributed by atoms with Crippen LogP contribution < -0.4 is 10.2 Å². The van der Waals surface area contributed by atoms with Crippen molar-refractivity contribution in [1.82, 2.24) is 9.97 Å². The fraction of sp³-hybridized carbons (Fsp3) is 0.304. The maximum absolute atomic E-state index is 12.9. The van der Waals surface area contributed by atoms with Crippen molar-refractivity contribution >= 4 is 38.5 Å². The molecule has 1 aromatic carbocycles. The highest BCUT2D eigenvalue weighted by Crippen LogP contribution is 2.33. The number of carbonyl (C=O) groups is 1. The Bertz CT molecular complexity index is 1280. The van der Waals surface area contributed by atoms with E-state index in [2.05, 4.69) is 40.4 Å². The Labute approximate surface area is 188 Å². The molecule has 32 heavy (non-hydrogen) atoms. The zero-order valence-electron chi connectivity index (χ0n) is 17.7. The molecule has 0 spiro atoms. The van der Waals surface area contributed by atoms with Gasteiger partial charge < -0.3 is 19.1 Å². The predicted molar refractivity (Wildman–Crippen MR) is 122 cm³/mol. The van der Waals surface area contributed by atoms with Crippen LogP contribution in [0.25, 0.3) is 21.9 Å². The number of rotatable bonds is 4. The smallest absolute Gasteiger partial charge is 0.266 e. The molecule has 5 rings (SSSR count). The number of nitrogens with one attached hydrogen (secondary N) is 1. The van der Waals surface area contributed by atoms with Gasteiger partial charge in [0.2, 0.25) is 17.5 Å². The highest BCUT2D eigenvalue weighted by molar-refractivity contribution is 7.22. The standard InChI is InChI=1S/C23H21N5O3S/c1-13-5-6-14(2)19-18(13)26-23(32-19)27-20(29)15-7-9-28(10-8-15)22-16(12-24)25-21(31-22)17-4-3-11-30-17/h3-6,11,15H,7-10H2,1-2H3,(H,26,27,29). The van der Waals surface area contributed by atoms with Crippen molar-refractivity contribution in [3.8, 4) is 17.7 Å². The topological polar surface area (TPSA) is 108 Å². The van der Waals surface area contributed by atoms with Gasteiger partial charge in [-0.2, -0.15) is 10.2 Å². The SMILES string of the molecule is Cc1ccc(C)c2sc(NC(=O)C3CCN(c4oc(-c5ccco5)nc4C#N)CC3)nc12. The van der Waals surface area contributed by atoms with E-state index in [1.165, 1.54) is 17.6 Å². The van der Waals surface area contributed by atoms with Crippen LogP contribution in [0.3, 0.4) is 0 Å². The first-order chi connectivity index (χ1) is 15.5. The molecule has 0 radical (unpaired) electrons. The summed E-state index contributed by atoms with van der Waals surface area (Å²) in [5.74, 6) is 1.04. The second-order valence-corrected chi connectivity index (χ2v) is 8.91. The lowest BCUT2D eigenvalue weighted by Gasteiger charge is -2.30. The number of furan rings is 1. The normalized spacial score (nSPS) is 14.6. The number of benzene rings is 1. The summed E-state index contributed by atoms with van der Waals surface area (Å²) >= 11 is 1.51. The van der Waals surface area contributed by atoms with E-state index in [1.807, 2.05) is 11.8 Å². The highest BCUT2D eigenvalue weighted by Gasteiger charge is 2.29. The molecule has 1 saturated heterocycles. The van der Waals surface area contributed by atoms with Gasteiger partial charge in [-0.05, 0) is 49.9 Å². The van der Waals surface area contributed by atoms with E-state index in [0.29, 0.717) is 42.7 Å². The maximum atomic E-state index is 12.9. The van der Waals surface area contributed by atoms with E-state index in [0.717, 1.165) is 21.3 Å². The van der Waals surface area contributed by atoms with Crippen molar-refractivity contribution in [3.05, 3.63) is 47.3 Å². The summed E-state index contributed by atoms with van der Waals surface area (Å²) in [6.45, 7) is 5.27. The van der Waals surface area contributed by atoms with Gasteiger partial charge in [0.25, 0.3) is 5.89 Å². The number of nitrogens with zero attached hydrogens (tertiary/aromatic N) is 4. The zero-order chi connectivity index (χ0) is 22.2. The summed E-state index contributed by atoms with van der Waals surface area (Å²) in [5.41, 5.74) is 3.43. The average Bonchev–Trinajstić information content (AvgIpc) is 3.55. The van der Waals surface area contributed by atoms with Crippen LogP contribution in [-0.2, 0) is 4.79 Å². The van der Waals surface area contributed by atoms with Crippen LogP contribution in [0.5, 0.6) is 0 Å². The minimum absolute atomic E-state index is 0.0200. The molecule has 0 unspecified atom stereocenters. The van der Waals surface area contributed by atoms with Crippen LogP contribution in [0.15, 0.2) is 39.4 Å². The van der Waals surface area contributed by atoms with Gasteiger partial charge in [0.1, 0.15) is 6.07 Å². The molecule has 0 bridgehead atoms. The molecule has 4 aromatic rings. The van der Waals surface area contributed by atoms with Gasteiger partial charge in [-0.25, -0.2) is 4.98 Å². The van der Waals surface area contributed by atoms with Crippen LogP contribution in [0.1, 0.15) is 29.7 Å². The number of aryl methyl sites for hydroxylation is 2. The van der Waals surface area contributed by atoms with E-state index in [1.54, 1.807) is 12.1 Å². The number of thiazole rings is 1. The largest absolute Gasteiger partial charge is 0.459 e. The fourth-order valence-corrected chi connectivity index (χ4v) is 4.98. The molecule has 0 aliphatic carbocycles. The van der Waals surface area contributed by atoms with Crippen molar-refractivity contribution in [2.75, 3.05) is 23.3 Å². The number of amides is 1. The molecule has 162 valence electrons. The minimum Gasteiger partial charge on any atom is -0.459 e. The Hall–Kier alpha value is -3.64. The molecule has 1 fully saturated rings. The van der Waals surface area contributed by atoms with Gasteiger partial charge in [-0.3, -0.25) is 4.79 Å². The third-order valence-electron chi connectivity index (χ3n) is 5.77. The maximum Gasteiger partial charge on any atom is 0.266 e. The van der Waals surface area contributed by atoms with Crippen molar-refractivity contribution < 1.29 is 13.6 Å². The number of oxazole rings is 1. The molecule has 1 aliphatic heterocycles. The van der Waals surface area contributed by atoms with E-state index in [4.69, 9.17) is 8.83 Å². The highest BCUT2D eigenvalue weighted by atomic mass is 32.1. The third-order valence-corrected chi connectivity index (χ3v) is 6.88. The van der Waals surface area contributed by atoms with Gasteiger partial charge in [0.15, 0.2) is 10.9 Å². The Balaban J connectivity index is 1.26. The number of fused-ring (bicyclic) bond motifs is 1. The molecule has 1 N–H and O–H groups in total. The number of aromatic nitrogens is 2. The van der Waals surface area contributed by atoms with Gasteiger partial charge in [0, 0.05) is 19.0 Å². The second-order valence-electron chi connectivity index (χ2n) is 7.91. The second kappa shape index (κ2) is 8.13. The monoisotopic (exact) mass is 447 g/mol. The van der Waals surface area contributed by atoms with Crippen molar-refractivity contribution in [3.63, 3.8) is 0 Å². The van der Waals surface area contributed by atoms with Gasteiger partial charge in [0.05, 0.1) is 16.5 Å². The van der Waals surface area contributed by atoms with E-state index in [9.17, 15) is 10.1 Å². The van der Waals surface area contributed by atoms with Crippen LogP contribution in [0.2, 0.25) is 0 Å². The van der Waals surface area contributed by atoms with E-state index < -0.39 is 0 Å². The summed E-state index contributed by atoms with van der Waals surface area (Å²) in [7, 11) is 0. The summed E-state index contributed by atoms with van der Waals surface area (Å²) in [6.07, 6.45) is 2.83. The Morgan fingerprint density at radius 2 is 2.00 bits per heavy atom. The molecule has 3 aromatic heterocycles. The number of hydrogen-bond donors (Lipinski definition) is 1. The molecule has 0 saturated carbocycles. The Morgan fingerprint density at radius 1 is 1.22 bits per heavy atom. The quantitative estimate of drug-likeness (QED) is 0.474. The molecule has 1 aliphatic rings. The van der Waals surface area contributed by atoms with Crippen LogP contribution in [0, 0.1) is 31.1 Å². The summed E-state index contributed by atoms with van der Waals surface area (Å²) in [5, 5.41) is 13.1. The molecule has 9 heteroatoms. The van der Waals surface area contributed by atoms with Crippen LogP contribution >= 0.6 is 11.3 Å². The first-order valence-electron chi connectivity index (χ1n) is 10.4. The fourth-order valence-electron chi connectivity index (χ4n) is 3.97. The number of carbonyl (C=O) groups excluding carboxylic acids is 1.